The standard InChI is InChI=1S/C10H15F6NO2/c1-6-4-17(5-7(2)19-6)9(13,14)8(11,12)10(15,16)18-3/h6-7H,4-5H2,1-3H3. The highest BCUT2D eigenvalue weighted by molar-refractivity contribution is 4.93. The minimum atomic E-state index is -5.65. The maximum atomic E-state index is 13.7. The van der Waals surface area contributed by atoms with Gasteiger partial charge in [-0.05, 0) is 13.8 Å². The summed E-state index contributed by atoms with van der Waals surface area (Å²) in [5.74, 6) is -5.65. The number of halogens is 6. The van der Waals surface area contributed by atoms with Gasteiger partial charge >= 0.3 is 18.1 Å². The second-order valence-electron chi connectivity index (χ2n) is 4.50. The average molecular weight is 295 g/mol. The van der Waals surface area contributed by atoms with E-state index in [-0.39, 0.29) is 12.0 Å². The smallest absolute Gasteiger partial charge is 0.373 e. The van der Waals surface area contributed by atoms with Crippen molar-refractivity contribution in [2.75, 3.05) is 20.2 Å². The van der Waals surface area contributed by atoms with Crippen molar-refractivity contribution < 1.29 is 35.8 Å². The molecule has 9 heteroatoms. The van der Waals surface area contributed by atoms with Crippen LogP contribution in [-0.4, -0.2) is 55.4 Å². The summed E-state index contributed by atoms with van der Waals surface area (Å²) >= 11 is 0. The van der Waals surface area contributed by atoms with E-state index >= 15 is 0 Å². The first-order valence-corrected chi connectivity index (χ1v) is 5.54. The SMILES string of the molecule is COC(F)(F)C(F)(F)C(F)(F)N1CC(C)OC(C)C1. The van der Waals surface area contributed by atoms with Gasteiger partial charge in [-0.2, -0.15) is 26.3 Å². The predicted molar refractivity (Wildman–Crippen MR) is 53.4 cm³/mol. The molecule has 1 saturated heterocycles. The van der Waals surface area contributed by atoms with E-state index in [0.717, 1.165) is 0 Å². The van der Waals surface area contributed by atoms with Crippen LogP contribution in [0, 0.1) is 0 Å². The molecule has 1 rings (SSSR count). The highest BCUT2D eigenvalue weighted by Crippen LogP contribution is 2.48. The van der Waals surface area contributed by atoms with E-state index in [9.17, 15) is 26.3 Å². The zero-order valence-electron chi connectivity index (χ0n) is 10.6. The van der Waals surface area contributed by atoms with Crippen LogP contribution in [0.2, 0.25) is 0 Å². The van der Waals surface area contributed by atoms with Gasteiger partial charge in [-0.1, -0.05) is 0 Å². The lowest BCUT2D eigenvalue weighted by molar-refractivity contribution is -0.422. The Labute approximate surface area is 106 Å². The molecule has 19 heavy (non-hydrogen) atoms. The van der Waals surface area contributed by atoms with Crippen molar-refractivity contribution in [1.82, 2.24) is 4.90 Å². The summed E-state index contributed by atoms with van der Waals surface area (Å²) in [6.45, 7) is 1.64. The third-order valence-corrected chi connectivity index (χ3v) is 2.82. The molecular weight excluding hydrogens is 280 g/mol. The molecule has 2 unspecified atom stereocenters. The van der Waals surface area contributed by atoms with Gasteiger partial charge in [0.25, 0.3) is 0 Å². The number of hydrogen-bond donors (Lipinski definition) is 0. The molecule has 3 nitrogen and oxygen atoms in total. The largest absolute Gasteiger partial charge is 0.427 e. The normalized spacial score (nSPS) is 27.6. The van der Waals surface area contributed by atoms with Crippen molar-refractivity contribution in [3.63, 3.8) is 0 Å². The van der Waals surface area contributed by atoms with E-state index in [4.69, 9.17) is 4.74 Å². The number of rotatable bonds is 4. The zero-order chi connectivity index (χ0) is 15.1. The number of ether oxygens (including phenoxy) is 2. The molecule has 0 spiro atoms. The summed E-state index contributed by atoms with van der Waals surface area (Å²) in [4.78, 5) is -0.00123. The van der Waals surface area contributed by atoms with Gasteiger partial charge in [-0.25, -0.2) is 4.90 Å². The van der Waals surface area contributed by atoms with Crippen LogP contribution in [-0.2, 0) is 9.47 Å². The Morgan fingerprint density at radius 1 is 1.00 bits per heavy atom. The summed E-state index contributed by atoms with van der Waals surface area (Å²) in [5.41, 5.74) is 0. The van der Waals surface area contributed by atoms with Crippen molar-refractivity contribution in [3.05, 3.63) is 0 Å². The van der Waals surface area contributed by atoms with Gasteiger partial charge in [0.15, 0.2) is 0 Å². The fourth-order valence-electron chi connectivity index (χ4n) is 1.91. The van der Waals surface area contributed by atoms with E-state index < -0.39 is 43.4 Å². The molecule has 1 aliphatic heterocycles. The van der Waals surface area contributed by atoms with Crippen LogP contribution >= 0.6 is 0 Å². The highest BCUT2D eigenvalue weighted by Gasteiger charge is 2.75. The molecule has 0 N–H and O–H groups in total. The van der Waals surface area contributed by atoms with Crippen LogP contribution in [0.5, 0.6) is 0 Å². The minimum absolute atomic E-state index is 0.00123. The fraction of sp³-hybridized carbons (Fsp3) is 1.00. The van der Waals surface area contributed by atoms with Gasteiger partial charge < -0.3 is 9.47 Å². The average Bonchev–Trinajstić information content (AvgIpc) is 2.27. The molecule has 0 aliphatic carbocycles. The van der Waals surface area contributed by atoms with Crippen molar-refractivity contribution >= 4 is 0 Å². The summed E-state index contributed by atoms with van der Waals surface area (Å²) in [6, 6.07) is -5.04. The molecule has 0 amide bonds. The van der Waals surface area contributed by atoms with Crippen LogP contribution in [0.15, 0.2) is 0 Å². The lowest BCUT2D eigenvalue weighted by Crippen LogP contribution is -2.66. The van der Waals surface area contributed by atoms with Crippen LogP contribution in [0.3, 0.4) is 0 Å². The molecule has 1 fully saturated rings. The van der Waals surface area contributed by atoms with Crippen LogP contribution in [0.1, 0.15) is 13.8 Å². The molecular formula is C10H15F6NO2. The first-order valence-electron chi connectivity index (χ1n) is 5.54. The van der Waals surface area contributed by atoms with Gasteiger partial charge in [-0.15, -0.1) is 0 Å². The van der Waals surface area contributed by atoms with E-state index in [0.29, 0.717) is 0 Å². The van der Waals surface area contributed by atoms with Gasteiger partial charge in [0.1, 0.15) is 0 Å². The van der Waals surface area contributed by atoms with Crippen molar-refractivity contribution in [2.24, 2.45) is 0 Å². The molecule has 0 radical (unpaired) electrons. The van der Waals surface area contributed by atoms with Gasteiger partial charge in [0, 0.05) is 20.2 Å². The Morgan fingerprint density at radius 2 is 1.42 bits per heavy atom. The van der Waals surface area contributed by atoms with E-state index in [2.05, 4.69) is 4.74 Å². The first kappa shape index (κ1) is 16.5. The Kier molecular flexibility index (Phi) is 4.43. The molecule has 2 atom stereocenters. The molecule has 1 heterocycles. The van der Waals surface area contributed by atoms with Crippen LogP contribution in [0.25, 0.3) is 0 Å². The number of morpholine rings is 1. The number of nitrogens with zero attached hydrogens (tertiary/aromatic N) is 1. The number of alkyl halides is 6. The Morgan fingerprint density at radius 3 is 1.79 bits per heavy atom. The lowest BCUT2D eigenvalue weighted by atomic mass is 10.1. The Hall–Kier alpha value is -0.540. The minimum Gasteiger partial charge on any atom is -0.373 e. The molecule has 1 aliphatic rings. The Bertz CT molecular complexity index is 315. The first-order chi connectivity index (χ1) is 8.45. The van der Waals surface area contributed by atoms with E-state index in [1.807, 2.05) is 0 Å². The monoisotopic (exact) mass is 295 g/mol. The lowest BCUT2D eigenvalue weighted by Gasteiger charge is -2.43. The van der Waals surface area contributed by atoms with Crippen molar-refractivity contribution in [3.8, 4) is 0 Å². The number of hydrogen-bond acceptors (Lipinski definition) is 3. The topological polar surface area (TPSA) is 21.7 Å². The zero-order valence-corrected chi connectivity index (χ0v) is 10.6. The molecule has 0 bridgehead atoms. The van der Waals surface area contributed by atoms with Crippen LogP contribution in [0.4, 0.5) is 26.3 Å². The number of methoxy groups -OCH3 is 1. The van der Waals surface area contributed by atoms with Crippen LogP contribution < -0.4 is 0 Å². The summed E-state index contributed by atoms with van der Waals surface area (Å²) in [5, 5.41) is 0. The summed E-state index contributed by atoms with van der Waals surface area (Å²) in [7, 11) is 0.245. The third-order valence-electron chi connectivity index (χ3n) is 2.82. The summed E-state index contributed by atoms with van der Waals surface area (Å²) in [6.07, 6.45) is -6.79. The molecule has 0 saturated carbocycles. The third kappa shape index (κ3) is 2.82. The molecule has 0 aromatic heterocycles. The maximum absolute atomic E-state index is 13.7. The maximum Gasteiger partial charge on any atom is 0.427 e. The van der Waals surface area contributed by atoms with Gasteiger partial charge in [-0.3, -0.25) is 0 Å². The molecule has 114 valence electrons. The van der Waals surface area contributed by atoms with Crippen molar-refractivity contribution in [2.45, 2.75) is 44.1 Å². The van der Waals surface area contributed by atoms with Crippen molar-refractivity contribution in [1.29, 1.82) is 0 Å². The van der Waals surface area contributed by atoms with E-state index in [1.165, 1.54) is 13.8 Å². The second kappa shape index (κ2) is 5.10. The molecule has 0 aromatic carbocycles. The molecule has 0 aromatic rings. The van der Waals surface area contributed by atoms with E-state index in [1.54, 1.807) is 0 Å². The fourth-order valence-corrected chi connectivity index (χ4v) is 1.91. The Balaban J connectivity index is 3.02. The summed E-state index contributed by atoms with van der Waals surface area (Å²) < 4.78 is 88.0. The van der Waals surface area contributed by atoms with Gasteiger partial charge in [0.05, 0.1) is 12.2 Å². The second-order valence-corrected chi connectivity index (χ2v) is 4.50. The predicted octanol–water partition coefficient (Wildman–Crippen LogP) is 2.56. The quantitative estimate of drug-likeness (QED) is 0.588. The van der Waals surface area contributed by atoms with Gasteiger partial charge in [0.2, 0.25) is 0 Å². The highest BCUT2D eigenvalue weighted by atomic mass is 19.4.